The normalized spacial score (nSPS) is 15.0. The van der Waals surface area contributed by atoms with E-state index in [1.165, 1.54) is 23.9 Å². The minimum absolute atomic E-state index is 0.0963. The summed E-state index contributed by atoms with van der Waals surface area (Å²) in [5.41, 5.74) is 4.90. The maximum atomic E-state index is 13.7. The van der Waals surface area contributed by atoms with Gasteiger partial charge in [-0.2, -0.15) is 5.10 Å². The summed E-state index contributed by atoms with van der Waals surface area (Å²) in [5, 5.41) is 8.16. The van der Waals surface area contributed by atoms with Gasteiger partial charge >= 0.3 is 0 Å². The van der Waals surface area contributed by atoms with Crippen molar-refractivity contribution in [2.45, 2.75) is 23.9 Å². The molecule has 200 valence electrons. The van der Waals surface area contributed by atoms with Crippen LogP contribution in [0.15, 0.2) is 118 Å². The Balaban J connectivity index is 1.25. The highest BCUT2D eigenvalue weighted by Gasteiger charge is 2.33. The number of carbonyl (C=O) groups is 1. The number of hydrazone groups is 1. The van der Waals surface area contributed by atoms with Gasteiger partial charge in [-0.05, 0) is 59.2 Å². The molecule has 4 nitrogen and oxygen atoms in total. The van der Waals surface area contributed by atoms with Crippen LogP contribution in [0, 0.1) is 5.82 Å². The van der Waals surface area contributed by atoms with E-state index in [1.807, 2.05) is 60.7 Å². The number of fused-ring (bicyclic) bond motifs is 1. The Morgan fingerprint density at radius 2 is 1.70 bits per heavy atom. The summed E-state index contributed by atoms with van der Waals surface area (Å²) >= 11 is 11.1. The van der Waals surface area contributed by atoms with Crippen molar-refractivity contribution in [1.29, 1.82) is 0 Å². The van der Waals surface area contributed by atoms with Crippen LogP contribution in [0.4, 0.5) is 4.39 Å². The van der Waals surface area contributed by atoms with E-state index in [-0.39, 0.29) is 23.5 Å². The molecule has 0 spiro atoms. The molecule has 8 heteroatoms. The summed E-state index contributed by atoms with van der Waals surface area (Å²) in [6.07, 6.45) is 2.67. The number of rotatable bonds is 7. The number of carbonyl (C=O) groups excluding carboxylic acids is 1. The lowest BCUT2D eigenvalue weighted by molar-refractivity contribution is -0.130. The number of para-hydroxylation sites is 1. The fourth-order valence-electron chi connectivity index (χ4n) is 4.95. The van der Waals surface area contributed by atoms with Gasteiger partial charge in [-0.3, -0.25) is 4.79 Å². The molecule has 0 radical (unpaired) electrons. The Morgan fingerprint density at radius 3 is 2.45 bits per heavy atom. The molecule has 0 N–H and O–H groups in total. The molecule has 1 amide bonds. The number of thioether (sulfide) groups is 1. The molecule has 1 aliphatic rings. The van der Waals surface area contributed by atoms with Crippen LogP contribution >= 0.6 is 39.3 Å². The third kappa shape index (κ3) is 5.73. The van der Waals surface area contributed by atoms with Crippen LogP contribution in [0.2, 0.25) is 5.02 Å². The standard InChI is InChI=1S/C32H24BrClFN3OS/c33-24-11-7-22(8-12-24)28-17-30(23-9-15-26(35)16-10-23)38(36-28)32(39)20-40-31-19-37(29-4-2-1-3-27(29)31)18-21-5-13-25(34)14-6-21/h1-16,19,30H,17-18,20H2/t30-/m1/s1. The van der Waals surface area contributed by atoms with E-state index in [9.17, 15) is 9.18 Å². The lowest BCUT2D eigenvalue weighted by Crippen LogP contribution is -2.28. The van der Waals surface area contributed by atoms with Gasteiger partial charge in [0.15, 0.2) is 0 Å². The van der Waals surface area contributed by atoms with Crippen LogP contribution in [-0.2, 0) is 11.3 Å². The number of aromatic nitrogens is 1. The topological polar surface area (TPSA) is 37.6 Å². The molecule has 6 rings (SSSR count). The largest absolute Gasteiger partial charge is 0.342 e. The van der Waals surface area contributed by atoms with Crippen molar-refractivity contribution in [2.75, 3.05) is 5.75 Å². The van der Waals surface area contributed by atoms with Crippen molar-refractivity contribution < 1.29 is 9.18 Å². The van der Waals surface area contributed by atoms with Gasteiger partial charge in [-0.25, -0.2) is 9.40 Å². The molecular formula is C32H24BrClFN3OS. The van der Waals surface area contributed by atoms with Gasteiger partial charge in [0.1, 0.15) is 5.82 Å². The molecular weight excluding hydrogens is 609 g/mol. The SMILES string of the molecule is O=C(CSc1cn(Cc2ccc(Cl)cc2)c2ccccc12)N1N=C(c2ccc(Br)cc2)C[C@@H]1c1ccc(F)cc1. The van der Waals surface area contributed by atoms with Crippen LogP contribution in [-0.4, -0.2) is 26.9 Å². The van der Waals surface area contributed by atoms with Gasteiger partial charge in [0.25, 0.3) is 5.91 Å². The molecule has 1 aromatic heterocycles. The van der Waals surface area contributed by atoms with E-state index in [0.29, 0.717) is 18.0 Å². The fourth-order valence-corrected chi connectivity index (χ4v) is 6.28. The number of hydrogen-bond acceptors (Lipinski definition) is 3. The van der Waals surface area contributed by atoms with Crippen molar-refractivity contribution >= 4 is 61.8 Å². The summed E-state index contributed by atoms with van der Waals surface area (Å²) in [6, 6.07) is 30.0. The average Bonchev–Trinajstić information content (AvgIpc) is 3.56. The summed E-state index contributed by atoms with van der Waals surface area (Å²) in [5.74, 6) is -0.177. The second kappa shape index (κ2) is 11.6. The molecule has 2 heterocycles. The fraction of sp³-hybridized carbons (Fsp3) is 0.125. The monoisotopic (exact) mass is 631 g/mol. The maximum absolute atomic E-state index is 13.7. The second-order valence-electron chi connectivity index (χ2n) is 9.62. The van der Waals surface area contributed by atoms with Gasteiger partial charge in [-0.1, -0.05) is 82.1 Å². The van der Waals surface area contributed by atoms with Gasteiger partial charge in [0.05, 0.1) is 17.5 Å². The number of nitrogens with zero attached hydrogens (tertiary/aromatic N) is 3. The number of hydrogen-bond donors (Lipinski definition) is 0. The van der Waals surface area contributed by atoms with E-state index in [0.717, 1.165) is 42.7 Å². The van der Waals surface area contributed by atoms with Gasteiger partial charge in [-0.15, -0.1) is 11.8 Å². The predicted octanol–water partition coefficient (Wildman–Crippen LogP) is 8.71. The molecule has 1 atom stereocenters. The number of benzene rings is 4. The van der Waals surface area contributed by atoms with E-state index >= 15 is 0 Å². The van der Waals surface area contributed by atoms with Crippen LogP contribution in [0.5, 0.6) is 0 Å². The molecule has 0 saturated carbocycles. The first-order valence-electron chi connectivity index (χ1n) is 12.8. The molecule has 1 aliphatic heterocycles. The zero-order chi connectivity index (χ0) is 27.6. The molecule has 0 fully saturated rings. The first-order valence-corrected chi connectivity index (χ1v) is 15.0. The van der Waals surface area contributed by atoms with Crippen molar-refractivity contribution in [1.82, 2.24) is 9.58 Å². The van der Waals surface area contributed by atoms with Crippen molar-refractivity contribution in [3.05, 3.63) is 135 Å². The molecule has 0 bridgehead atoms. The Hall–Kier alpha value is -3.39. The highest BCUT2D eigenvalue weighted by Crippen LogP contribution is 2.36. The Morgan fingerprint density at radius 1 is 0.975 bits per heavy atom. The van der Waals surface area contributed by atoms with Gasteiger partial charge in [0.2, 0.25) is 0 Å². The molecule has 0 unspecified atom stereocenters. The lowest BCUT2D eigenvalue weighted by atomic mass is 9.98. The minimum Gasteiger partial charge on any atom is -0.342 e. The van der Waals surface area contributed by atoms with E-state index < -0.39 is 0 Å². The van der Waals surface area contributed by atoms with Crippen molar-refractivity contribution in [2.24, 2.45) is 5.10 Å². The summed E-state index contributed by atoms with van der Waals surface area (Å²) in [6.45, 7) is 0.700. The highest BCUT2D eigenvalue weighted by atomic mass is 79.9. The quantitative estimate of drug-likeness (QED) is 0.168. The highest BCUT2D eigenvalue weighted by molar-refractivity contribution is 9.10. The third-order valence-electron chi connectivity index (χ3n) is 6.97. The first kappa shape index (κ1) is 26.8. The van der Waals surface area contributed by atoms with Crippen molar-refractivity contribution in [3.63, 3.8) is 0 Å². The predicted molar refractivity (Wildman–Crippen MR) is 164 cm³/mol. The molecule has 0 saturated heterocycles. The molecule has 5 aromatic rings. The Bertz CT molecular complexity index is 1700. The second-order valence-corrected chi connectivity index (χ2v) is 12.0. The minimum atomic E-state index is -0.306. The maximum Gasteiger partial charge on any atom is 0.253 e. The summed E-state index contributed by atoms with van der Waals surface area (Å²) in [4.78, 5) is 14.7. The number of halogens is 3. The third-order valence-corrected chi connectivity index (χ3v) is 8.78. The zero-order valence-corrected chi connectivity index (χ0v) is 24.5. The number of amides is 1. The smallest absolute Gasteiger partial charge is 0.253 e. The Kier molecular flexibility index (Phi) is 7.78. The van der Waals surface area contributed by atoms with E-state index in [2.05, 4.69) is 38.8 Å². The Labute approximate surface area is 249 Å². The van der Waals surface area contributed by atoms with Crippen LogP contribution in [0.25, 0.3) is 10.9 Å². The first-order chi connectivity index (χ1) is 19.4. The van der Waals surface area contributed by atoms with Crippen LogP contribution < -0.4 is 0 Å². The van der Waals surface area contributed by atoms with E-state index in [1.54, 1.807) is 17.1 Å². The van der Waals surface area contributed by atoms with Gasteiger partial charge in [0, 0.05) is 44.5 Å². The summed E-state index contributed by atoms with van der Waals surface area (Å²) in [7, 11) is 0. The molecule has 0 aliphatic carbocycles. The van der Waals surface area contributed by atoms with Crippen LogP contribution in [0.3, 0.4) is 0 Å². The van der Waals surface area contributed by atoms with Gasteiger partial charge < -0.3 is 4.57 Å². The average molecular weight is 633 g/mol. The lowest BCUT2D eigenvalue weighted by Gasteiger charge is -2.22. The van der Waals surface area contributed by atoms with E-state index in [4.69, 9.17) is 16.7 Å². The summed E-state index contributed by atoms with van der Waals surface area (Å²) < 4.78 is 16.9. The molecule has 40 heavy (non-hydrogen) atoms. The molecule has 4 aromatic carbocycles. The zero-order valence-electron chi connectivity index (χ0n) is 21.3. The van der Waals surface area contributed by atoms with Crippen LogP contribution in [0.1, 0.15) is 29.2 Å². The van der Waals surface area contributed by atoms with Crippen molar-refractivity contribution in [3.8, 4) is 0 Å².